The van der Waals surface area contributed by atoms with E-state index >= 15 is 0 Å². The van der Waals surface area contributed by atoms with Crippen LogP contribution < -0.4 is 5.32 Å². The van der Waals surface area contributed by atoms with Gasteiger partial charge in [0.25, 0.3) is 0 Å². The monoisotopic (exact) mass is 271 g/mol. The molecule has 0 heterocycles. The Hall–Kier alpha value is -1.03. The fourth-order valence-electron chi connectivity index (χ4n) is 1.18. The first-order valence-electron chi connectivity index (χ1n) is 4.82. The first-order valence-corrected chi connectivity index (χ1v) is 5.61. The van der Waals surface area contributed by atoms with Gasteiger partial charge in [0, 0.05) is 4.47 Å². The number of benzene rings is 1. The smallest absolute Gasteiger partial charge is 0.407 e. The van der Waals surface area contributed by atoms with Gasteiger partial charge in [0.2, 0.25) is 0 Å². The van der Waals surface area contributed by atoms with E-state index in [1.54, 1.807) is 6.92 Å². The molecular weight excluding hydrogens is 258 g/mol. The van der Waals surface area contributed by atoms with Gasteiger partial charge in [-0.05, 0) is 31.5 Å². The molecule has 0 unspecified atom stereocenters. The lowest BCUT2D eigenvalue weighted by Gasteiger charge is -2.13. The number of halogens is 1. The Labute approximate surface area is 97.9 Å². The van der Waals surface area contributed by atoms with E-state index in [0.717, 1.165) is 10.0 Å². The number of rotatable bonds is 3. The molecule has 1 amide bonds. The summed E-state index contributed by atoms with van der Waals surface area (Å²) in [5.74, 6) is 0. The van der Waals surface area contributed by atoms with E-state index in [0.29, 0.717) is 6.61 Å². The normalized spacial score (nSPS) is 11.9. The van der Waals surface area contributed by atoms with Gasteiger partial charge in [-0.2, -0.15) is 0 Å². The molecule has 1 N–H and O–H groups in total. The highest BCUT2D eigenvalue weighted by atomic mass is 79.9. The summed E-state index contributed by atoms with van der Waals surface area (Å²) in [6.45, 7) is 4.09. The third-order valence-corrected chi connectivity index (χ3v) is 2.51. The van der Waals surface area contributed by atoms with Crippen molar-refractivity contribution in [1.29, 1.82) is 0 Å². The zero-order chi connectivity index (χ0) is 11.3. The van der Waals surface area contributed by atoms with Crippen molar-refractivity contribution >= 4 is 22.0 Å². The second-order valence-electron chi connectivity index (χ2n) is 3.14. The molecule has 0 fully saturated rings. The predicted octanol–water partition coefficient (Wildman–Crippen LogP) is 3.26. The summed E-state index contributed by atoms with van der Waals surface area (Å²) in [7, 11) is 0. The number of carbonyl (C=O) groups excluding carboxylic acids is 1. The van der Waals surface area contributed by atoms with Gasteiger partial charge in [-0.25, -0.2) is 4.79 Å². The lowest BCUT2D eigenvalue weighted by Crippen LogP contribution is -2.27. The van der Waals surface area contributed by atoms with E-state index in [9.17, 15) is 4.79 Å². The summed E-state index contributed by atoms with van der Waals surface area (Å²) in [6.07, 6.45) is -0.382. The van der Waals surface area contributed by atoms with Crippen LogP contribution in [-0.4, -0.2) is 12.7 Å². The maximum atomic E-state index is 11.2. The Morgan fingerprint density at radius 2 is 2.07 bits per heavy atom. The van der Waals surface area contributed by atoms with Gasteiger partial charge in [0.1, 0.15) is 0 Å². The molecule has 1 aromatic carbocycles. The van der Waals surface area contributed by atoms with Crippen LogP contribution in [0.5, 0.6) is 0 Å². The highest BCUT2D eigenvalue weighted by Gasteiger charge is 2.09. The largest absolute Gasteiger partial charge is 0.450 e. The second kappa shape index (κ2) is 5.75. The zero-order valence-electron chi connectivity index (χ0n) is 8.79. The van der Waals surface area contributed by atoms with E-state index in [1.165, 1.54) is 0 Å². The topological polar surface area (TPSA) is 38.3 Å². The quantitative estimate of drug-likeness (QED) is 0.917. The average molecular weight is 272 g/mol. The molecule has 0 radical (unpaired) electrons. The first-order chi connectivity index (χ1) is 7.13. The molecule has 0 aliphatic rings. The minimum Gasteiger partial charge on any atom is -0.450 e. The summed E-state index contributed by atoms with van der Waals surface area (Å²) in [5, 5.41) is 2.74. The van der Waals surface area contributed by atoms with Gasteiger partial charge in [-0.1, -0.05) is 28.1 Å². The molecule has 0 saturated carbocycles. The van der Waals surface area contributed by atoms with Crippen molar-refractivity contribution < 1.29 is 9.53 Å². The number of hydrogen-bond donors (Lipinski definition) is 1. The molecule has 15 heavy (non-hydrogen) atoms. The minimum absolute atomic E-state index is 0.0443. The molecule has 4 heteroatoms. The Kier molecular flexibility index (Phi) is 4.62. The highest BCUT2D eigenvalue weighted by Crippen LogP contribution is 2.16. The van der Waals surface area contributed by atoms with E-state index in [4.69, 9.17) is 4.74 Å². The summed E-state index contributed by atoms with van der Waals surface area (Å²) in [6, 6.07) is 7.76. The van der Waals surface area contributed by atoms with Gasteiger partial charge in [0.05, 0.1) is 12.6 Å². The molecule has 0 aliphatic carbocycles. The van der Waals surface area contributed by atoms with Crippen LogP contribution in [0.1, 0.15) is 25.5 Å². The molecule has 0 spiro atoms. The number of hydrogen-bond acceptors (Lipinski definition) is 2. The van der Waals surface area contributed by atoms with E-state index in [2.05, 4.69) is 21.2 Å². The van der Waals surface area contributed by atoms with E-state index < -0.39 is 0 Å². The fourth-order valence-corrected chi connectivity index (χ4v) is 1.45. The Morgan fingerprint density at radius 1 is 1.47 bits per heavy atom. The van der Waals surface area contributed by atoms with Gasteiger partial charge in [-0.3, -0.25) is 0 Å². The van der Waals surface area contributed by atoms with Crippen molar-refractivity contribution in [2.45, 2.75) is 19.9 Å². The maximum absolute atomic E-state index is 11.2. The van der Waals surface area contributed by atoms with Gasteiger partial charge in [0.15, 0.2) is 0 Å². The zero-order valence-corrected chi connectivity index (χ0v) is 10.4. The predicted molar refractivity (Wildman–Crippen MR) is 62.7 cm³/mol. The van der Waals surface area contributed by atoms with Gasteiger partial charge >= 0.3 is 6.09 Å². The summed E-state index contributed by atoms with van der Waals surface area (Å²) >= 11 is 3.36. The molecule has 1 aromatic rings. The number of carbonyl (C=O) groups is 1. The van der Waals surface area contributed by atoms with E-state index in [1.807, 2.05) is 31.2 Å². The van der Waals surface area contributed by atoms with Gasteiger partial charge < -0.3 is 10.1 Å². The lowest BCUT2D eigenvalue weighted by atomic mass is 10.1. The first kappa shape index (κ1) is 12.0. The third-order valence-electron chi connectivity index (χ3n) is 1.98. The summed E-state index contributed by atoms with van der Waals surface area (Å²) < 4.78 is 5.82. The number of alkyl carbamates (subject to hydrolysis) is 1. The van der Waals surface area contributed by atoms with Crippen LogP contribution in [0.25, 0.3) is 0 Å². The molecule has 1 atom stereocenters. The fraction of sp³-hybridized carbons (Fsp3) is 0.364. The van der Waals surface area contributed by atoms with Crippen molar-refractivity contribution in [2.75, 3.05) is 6.61 Å². The van der Waals surface area contributed by atoms with Crippen LogP contribution in [0.2, 0.25) is 0 Å². The molecule has 1 rings (SSSR count). The van der Waals surface area contributed by atoms with Crippen LogP contribution in [0, 0.1) is 0 Å². The summed E-state index contributed by atoms with van der Waals surface area (Å²) in [4.78, 5) is 11.2. The van der Waals surface area contributed by atoms with Gasteiger partial charge in [-0.15, -0.1) is 0 Å². The minimum atomic E-state index is -0.382. The second-order valence-corrected chi connectivity index (χ2v) is 4.05. The summed E-state index contributed by atoms with van der Waals surface area (Å²) in [5.41, 5.74) is 1.05. The molecule has 0 aliphatic heterocycles. The van der Waals surface area contributed by atoms with Crippen LogP contribution in [0.3, 0.4) is 0 Å². The SMILES string of the molecule is CCOC(=O)N[C@H](C)c1ccc(Br)cc1. The maximum Gasteiger partial charge on any atom is 0.407 e. The number of ether oxygens (including phenoxy) is 1. The van der Waals surface area contributed by atoms with Crippen molar-refractivity contribution in [2.24, 2.45) is 0 Å². The van der Waals surface area contributed by atoms with Crippen molar-refractivity contribution in [3.05, 3.63) is 34.3 Å². The molecule has 0 aromatic heterocycles. The molecule has 0 bridgehead atoms. The molecule has 3 nitrogen and oxygen atoms in total. The van der Waals surface area contributed by atoms with Crippen molar-refractivity contribution in [3.63, 3.8) is 0 Å². The van der Waals surface area contributed by atoms with Crippen molar-refractivity contribution in [1.82, 2.24) is 5.32 Å². The van der Waals surface area contributed by atoms with E-state index in [-0.39, 0.29) is 12.1 Å². The lowest BCUT2D eigenvalue weighted by molar-refractivity contribution is 0.149. The average Bonchev–Trinajstić information content (AvgIpc) is 2.18. The molecule has 82 valence electrons. The standard InChI is InChI=1S/C11H14BrNO2/c1-3-15-11(14)13-8(2)9-4-6-10(12)7-5-9/h4-8H,3H2,1-2H3,(H,13,14)/t8-/m1/s1. The molecule has 0 saturated heterocycles. The Morgan fingerprint density at radius 3 is 2.60 bits per heavy atom. The van der Waals surface area contributed by atoms with Crippen molar-refractivity contribution in [3.8, 4) is 0 Å². The third kappa shape index (κ3) is 3.91. The Bertz CT molecular complexity index is 324. The van der Waals surface area contributed by atoms with Crippen LogP contribution in [0.15, 0.2) is 28.7 Å². The Balaban J connectivity index is 2.57. The molecular formula is C11H14BrNO2. The highest BCUT2D eigenvalue weighted by molar-refractivity contribution is 9.10. The van der Waals surface area contributed by atoms with Crippen LogP contribution >= 0.6 is 15.9 Å². The van der Waals surface area contributed by atoms with Crippen LogP contribution in [-0.2, 0) is 4.74 Å². The van der Waals surface area contributed by atoms with Crippen LogP contribution in [0.4, 0.5) is 4.79 Å². The number of nitrogens with one attached hydrogen (secondary N) is 1. The number of amides is 1.